The number of hydrogen-bond donors (Lipinski definition) is 4. The van der Waals surface area contributed by atoms with Gasteiger partial charge in [-0.3, -0.25) is 5.43 Å². The van der Waals surface area contributed by atoms with E-state index in [1.165, 1.54) is 24.4 Å². The van der Waals surface area contributed by atoms with Gasteiger partial charge in [-0.15, -0.1) is 0 Å². The lowest BCUT2D eigenvalue weighted by Crippen LogP contribution is -2.24. The molecule has 22 heavy (non-hydrogen) atoms. The molecule has 0 atom stereocenters. The molecule has 0 saturated carbocycles. The Morgan fingerprint density at radius 2 is 1.91 bits per heavy atom. The largest absolute Gasteiger partial charge is 0.508 e. The quantitative estimate of drug-likeness (QED) is 0.383. The van der Waals surface area contributed by atoms with E-state index in [4.69, 9.17) is 35.4 Å². The number of benzene rings is 2. The van der Waals surface area contributed by atoms with Crippen LogP contribution in [0.4, 0.5) is 5.69 Å². The molecular formula is C14H11Cl2N3O2S. The zero-order chi connectivity index (χ0) is 16.1. The molecule has 2 rings (SSSR count). The van der Waals surface area contributed by atoms with Crippen LogP contribution < -0.4 is 10.7 Å². The van der Waals surface area contributed by atoms with Gasteiger partial charge in [-0.1, -0.05) is 23.2 Å². The molecule has 0 aromatic heterocycles. The summed E-state index contributed by atoms with van der Waals surface area (Å²) in [6, 6.07) is 9.12. The summed E-state index contributed by atoms with van der Waals surface area (Å²) in [4.78, 5) is 0. The highest BCUT2D eigenvalue weighted by atomic mass is 35.5. The SMILES string of the molecule is Oc1ccc(C=NNC(=S)Nc2ccc(Cl)cc2Cl)c(O)c1. The van der Waals surface area contributed by atoms with Gasteiger partial charge in [-0.25, -0.2) is 0 Å². The van der Waals surface area contributed by atoms with Crippen LogP contribution in [0.15, 0.2) is 41.5 Å². The van der Waals surface area contributed by atoms with Crippen molar-refractivity contribution in [2.24, 2.45) is 5.10 Å². The minimum atomic E-state index is -0.0924. The van der Waals surface area contributed by atoms with Crippen LogP contribution in [-0.2, 0) is 0 Å². The van der Waals surface area contributed by atoms with Gasteiger partial charge in [-0.05, 0) is 42.5 Å². The molecule has 2 aromatic rings. The van der Waals surface area contributed by atoms with Crippen LogP contribution in [0.2, 0.25) is 10.0 Å². The number of aromatic hydroxyl groups is 2. The van der Waals surface area contributed by atoms with Gasteiger partial charge in [0.15, 0.2) is 5.11 Å². The zero-order valence-electron chi connectivity index (χ0n) is 11.0. The highest BCUT2D eigenvalue weighted by molar-refractivity contribution is 7.80. The van der Waals surface area contributed by atoms with Crippen molar-refractivity contribution in [2.75, 3.05) is 5.32 Å². The maximum absolute atomic E-state index is 9.60. The van der Waals surface area contributed by atoms with Crippen LogP contribution in [0.5, 0.6) is 11.5 Å². The second-order valence-electron chi connectivity index (χ2n) is 4.19. The van der Waals surface area contributed by atoms with E-state index < -0.39 is 0 Å². The number of anilines is 1. The van der Waals surface area contributed by atoms with Crippen LogP contribution in [-0.4, -0.2) is 21.5 Å². The standard InChI is InChI=1S/C14H11Cl2N3O2S/c15-9-2-4-12(11(16)5-9)18-14(22)19-17-7-8-1-3-10(20)6-13(8)21/h1-7,20-21H,(H2,18,19,22). The average Bonchev–Trinajstić information content (AvgIpc) is 2.44. The number of hydrogen-bond acceptors (Lipinski definition) is 4. The maximum atomic E-state index is 9.60. The summed E-state index contributed by atoms with van der Waals surface area (Å²) in [6.45, 7) is 0. The molecule has 0 unspecified atom stereocenters. The van der Waals surface area contributed by atoms with Gasteiger partial charge < -0.3 is 15.5 Å². The minimum Gasteiger partial charge on any atom is -0.508 e. The average molecular weight is 356 g/mol. The van der Waals surface area contributed by atoms with E-state index in [0.29, 0.717) is 21.3 Å². The van der Waals surface area contributed by atoms with Gasteiger partial charge in [0.1, 0.15) is 11.5 Å². The first-order valence-electron chi connectivity index (χ1n) is 6.03. The summed E-state index contributed by atoms with van der Waals surface area (Å²) < 4.78 is 0. The Morgan fingerprint density at radius 1 is 1.14 bits per heavy atom. The first-order valence-corrected chi connectivity index (χ1v) is 7.19. The fourth-order valence-electron chi connectivity index (χ4n) is 1.54. The molecule has 0 amide bonds. The Kier molecular flexibility index (Phi) is 5.43. The van der Waals surface area contributed by atoms with Gasteiger partial charge in [0.05, 0.1) is 16.9 Å². The molecule has 5 nitrogen and oxygen atoms in total. The third kappa shape index (κ3) is 4.49. The van der Waals surface area contributed by atoms with E-state index in [1.807, 2.05) is 0 Å². The minimum absolute atomic E-state index is 0.0304. The van der Waals surface area contributed by atoms with E-state index >= 15 is 0 Å². The lowest BCUT2D eigenvalue weighted by molar-refractivity contribution is 0.450. The molecule has 0 radical (unpaired) electrons. The molecule has 0 bridgehead atoms. The van der Waals surface area contributed by atoms with E-state index in [9.17, 15) is 10.2 Å². The van der Waals surface area contributed by atoms with Crippen LogP contribution in [0.25, 0.3) is 0 Å². The third-order valence-electron chi connectivity index (χ3n) is 2.56. The lowest BCUT2D eigenvalue weighted by Gasteiger charge is -2.08. The fraction of sp³-hybridized carbons (Fsp3) is 0. The molecule has 0 heterocycles. The number of halogens is 2. The summed E-state index contributed by atoms with van der Waals surface area (Å²) in [5.74, 6) is -0.123. The van der Waals surface area contributed by atoms with Crippen LogP contribution in [0, 0.1) is 0 Å². The number of phenols is 2. The van der Waals surface area contributed by atoms with Crippen molar-refractivity contribution in [3.63, 3.8) is 0 Å². The monoisotopic (exact) mass is 355 g/mol. The van der Waals surface area contributed by atoms with E-state index in [2.05, 4.69) is 15.8 Å². The number of nitrogens with one attached hydrogen (secondary N) is 2. The Balaban J connectivity index is 1.96. The molecule has 0 aliphatic carbocycles. The molecule has 114 valence electrons. The highest BCUT2D eigenvalue weighted by Crippen LogP contribution is 2.25. The van der Waals surface area contributed by atoms with Gasteiger partial charge >= 0.3 is 0 Å². The van der Waals surface area contributed by atoms with Crippen molar-refractivity contribution in [1.29, 1.82) is 0 Å². The van der Waals surface area contributed by atoms with Crippen molar-refractivity contribution in [2.45, 2.75) is 0 Å². The predicted octanol–water partition coefficient (Wildman–Crippen LogP) is 3.73. The van der Waals surface area contributed by atoms with Crippen molar-refractivity contribution < 1.29 is 10.2 Å². The molecule has 0 fully saturated rings. The summed E-state index contributed by atoms with van der Waals surface area (Å²) in [5, 5.41) is 26.7. The number of rotatable bonds is 3. The van der Waals surface area contributed by atoms with Gasteiger partial charge in [0, 0.05) is 16.7 Å². The molecule has 0 aliphatic rings. The number of hydrazone groups is 1. The van der Waals surface area contributed by atoms with Crippen molar-refractivity contribution in [3.8, 4) is 11.5 Å². The van der Waals surface area contributed by atoms with Gasteiger partial charge in [-0.2, -0.15) is 5.10 Å². The normalized spacial score (nSPS) is 10.6. The molecule has 2 aromatic carbocycles. The Morgan fingerprint density at radius 3 is 2.59 bits per heavy atom. The van der Waals surface area contributed by atoms with E-state index in [-0.39, 0.29) is 16.6 Å². The highest BCUT2D eigenvalue weighted by Gasteiger charge is 2.03. The third-order valence-corrected chi connectivity index (χ3v) is 3.30. The summed E-state index contributed by atoms with van der Waals surface area (Å²) in [6.07, 6.45) is 1.37. The lowest BCUT2D eigenvalue weighted by atomic mass is 10.2. The topological polar surface area (TPSA) is 76.9 Å². The first-order chi connectivity index (χ1) is 10.5. The zero-order valence-corrected chi connectivity index (χ0v) is 13.4. The second-order valence-corrected chi connectivity index (χ2v) is 5.44. The molecule has 0 saturated heterocycles. The van der Waals surface area contributed by atoms with Gasteiger partial charge in [0.25, 0.3) is 0 Å². The first kappa shape index (κ1) is 16.4. The number of thiocarbonyl (C=S) groups is 1. The van der Waals surface area contributed by atoms with Crippen molar-refractivity contribution in [1.82, 2.24) is 5.43 Å². The van der Waals surface area contributed by atoms with Crippen LogP contribution >= 0.6 is 35.4 Å². The Bertz CT molecular complexity index is 738. The summed E-state index contributed by atoms with van der Waals surface area (Å²) in [5.41, 5.74) is 3.61. The number of phenolic OH excluding ortho intramolecular Hbond substituents is 2. The maximum Gasteiger partial charge on any atom is 0.191 e. The van der Waals surface area contributed by atoms with Crippen molar-refractivity contribution in [3.05, 3.63) is 52.0 Å². The fourth-order valence-corrected chi connectivity index (χ4v) is 2.16. The molecule has 4 N–H and O–H groups in total. The second kappa shape index (κ2) is 7.31. The van der Waals surface area contributed by atoms with Crippen LogP contribution in [0.1, 0.15) is 5.56 Å². The van der Waals surface area contributed by atoms with Crippen LogP contribution in [0.3, 0.4) is 0 Å². The smallest absolute Gasteiger partial charge is 0.191 e. The molecule has 0 aliphatic heterocycles. The summed E-state index contributed by atoms with van der Waals surface area (Å²) >= 11 is 16.9. The Hall–Kier alpha value is -2.02. The Labute approximate surface area is 142 Å². The van der Waals surface area contributed by atoms with E-state index in [1.54, 1.807) is 18.2 Å². The predicted molar refractivity (Wildman–Crippen MR) is 93.2 cm³/mol. The summed E-state index contributed by atoms with van der Waals surface area (Å²) in [7, 11) is 0. The van der Waals surface area contributed by atoms with Crippen molar-refractivity contribution >= 4 is 52.4 Å². The van der Waals surface area contributed by atoms with E-state index in [0.717, 1.165) is 0 Å². The molecule has 0 spiro atoms. The molecule has 8 heteroatoms. The molecular weight excluding hydrogens is 345 g/mol. The number of nitrogens with zero attached hydrogens (tertiary/aromatic N) is 1. The van der Waals surface area contributed by atoms with Gasteiger partial charge in [0.2, 0.25) is 0 Å².